The summed E-state index contributed by atoms with van der Waals surface area (Å²) in [6.45, 7) is 0.314. The van der Waals surface area contributed by atoms with Gasteiger partial charge in [-0.05, 0) is 41.3 Å². The molecule has 1 N–H and O–H groups in total. The molecule has 1 aliphatic heterocycles. The molecule has 0 saturated carbocycles. The molecule has 0 amide bonds. The van der Waals surface area contributed by atoms with Crippen molar-refractivity contribution >= 4 is 11.3 Å². The van der Waals surface area contributed by atoms with Crippen LogP contribution < -0.4 is 9.64 Å². The Labute approximate surface area is 182 Å². The summed E-state index contributed by atoms with van der Waals surface area (Å²) in [5.41, 5.74) is 0.493. The summed E-state index contributed by atoms with van der Waals surface area (Å²) in [6, 6.07) is 16.4. The van der Waals surface area contributed by atoms with E-state index in [1.165, 1.54) is 36.4 Å². The van der Waals surface area contributed by atoms with E-state index in [-0.39, 0.29) is 17.1 Å². The number of ether oxygens (including phenoxy) is 1. The molecule has 0 aliphatic carbocycles. The summed E-state index contributed by atoms with van der Waals surface area (Å²) in [5, 5.41) is 10.3. The monoisotopic (exact) mass is 441 g/mol. The molecule has 0 saturated heterocycles. The molecule has 32 heavy (non-hydrogen) atoms. The van der Waals surface area contributed by atoms with Crippen molar-refractivity contribution in [1.82, 2.24) is 0 Å². The summed E-state index contributed by atoms with van der Waals surface area (Å²) in [7, 11) is 0. The van der Waals surface area contributed by atoms with E-state index >= 15 is 0 Å². The van der Waals surface area contributed by atoms with Gasteiger partial charge in [-0.2, -0.15) is 17.6 Å². The molecule has 7 heteroatoms. The molecule has 0 bridgehead atoms. The molecule has 0 fully saturated rings. The minimum absolute atomic E-state index is 0.0591. The van der Waals surface area contributed by atoms with Crippen molar-refractivity contribution in [2.24, 2.45) is 0 Å². The molecule has 3 aromatic rings. The van der Waals surface area contributed by atoms with Gasteiger partial charge in [0, 0.05) is 12.7 Å². The Morgan fingerprint density at radius 3 is 2.47 bits per heavy atom. The van der Waals surface area contributed by atoms with Crippen LogP contribution in [0.2, 0.25) is 0 Å². The summed E-state index contributed by atoms with van der Waals surface area (Å²) in [5.74, 6) is 0.0714. The highest BCUT2D eigenvalue weighted by Crippen LogP contribution is 2.38. The van der Waals surface area contributed by atoms with Crippen LogP contribution in [0.25, 0.3) is 5.57 Å². The van der Waals surface area contributed by atoms with E-state index in [1.54, 1.807) is 30.3 Å². The van der Waals surface area contributed by atoms with Crippen molar-refractivity contribution in [2.45, 2.75) is 19.1 Å². The third-order valence-corrected chi connectivity index (χ3v) is 5.01. The van der Waals surface area contributed by atoms with Crippen molar-refractivity contribution in [1.29, 1.82) is 0 Å². The molecule has 4 rings (SSSR count). The molecule has 0 atom stereocenters. The van der Waals surface area contributed by atoms with Crippen molar-refractivity contribution in [2.75, 3.05) is 4.90 Å². The number of alkyl halides is 3. The van der Waals surface area contributed by atoms with Gasteiger partial charge >= 0.3 is 6.18 Å². The Balaban J connectivity index is 1.61. The lowest BCUT2D eigenvalue weighted by molar-refractivity contribution is -0.0717. The predicted octanol–water partition coefficient (Wildman–Crippen LogP) is 6.75. The molecule has 0 spiro atoms. The van der Waals surface area contributed by atoms with Gasteiger partial charge in [-0.25, -0.2) is 0 Å². The minimum atomic E-state index is -4.93. The van der Waals surface area contributed by atoms with Gasteiger partial charge in [0.1, 0.15) is 17.1 Å². The van der Waals surface area contributed by atoms with Crippen LogP contribution in [0.15, 0.2) is 91.1 Å². The van der Waals surface area contributed by atoms with E-state index in [0.29, 0.717) is 24.2 Å². The van der Waals surface area contributed by atoms with Crippen LogP contribution in [0, 0.1) is 0 Å². The van der Waals surface area contributed by atoms with Crippen LogP contribution in [0.5, 0.6) is 11.5 Å². The molecule has 3 aromatic carbocycles. The standard InChI is InChI=1S/C25H19F4NO2/c26-24(22(25(27,28)29)18-8-2-1-3-9-18)32-20-12-4-7-17(15-20)16-30-14-6-11-19-10-5-13-21(31)23(19)30/h1-10,12-15,31H,11,16H2. The Morgan fingerprint density at radius 2 is 1.72 bits per heavy atom. The lowest BCUT2D eigenvalue weighted by atomic mass is 10.0. The largest absolute Gasteiger partial charge is 0.506 e. The SMILES string of the molecule is Oc1cccc2c1N(Cc1cccc(OC(F)=C(c3ccccc3)C(F)(F)F)c1)C=CC2. The zero-order chi connectivity index (χ0) is 22.7. The Kier molecular flexibility index (Phi) is 5.90. The molecule has 0 unspecified atom stereocenters. The van der Waals surface area contributed by atoms with Crippen LogP contribution >= 0.6 is 0 Å². The number of nitrogens with zero attached hydrogens (tertiary/aromatic N) is 1. The van der Waals surface area contributed by atoms with E-state index in [0.717, 1.165) is 5.56 Å². The molecule has 1 heterocycles. The number of benzene rings is 3. The van der Waals surface area contributed by atoms with Gasteiger partial charge in [0.25, 0.3) is 6.01 Å². The highest BCUT2D eigenvalue weighted by molar-refractivity contribution is 5.70. The van der Waals surface area contributed by atoms with Gasteiger partial charge in [-0.3, -0.25) is 0 Å². The normalized spacial score (nSPS) is 14.1. The Bertz CT molecular complexity index is 1170. The van der Waals surface area contributed by atoms with Crippen molar-refractivity contribution < 1.29 is 27.4 Å². The van der Waals surface area contributed by atoms with Gasteiger partial charge in [0.2, 0.25) is 0 Å². The molecular formula is C25H19F4NO2. The number of phenols is 1. The maximum atomic E-state index is 14.7. The number of anilines is 1. The van der Waals surface area contributed by atoms with Crippen LogP contribution in [0.1, 0.15) is 16.7 Å². The number of para-hydroxylation sites is 1. The zero-order valence-electron chi connectivity index (χ0n) is 16.8. The fourth-order valence-electron chi connectivity index (χ4n) is 3.64. The summed E-state index contributed by atoms with van der Waals surface area (Å²) in [6.07, 6.45) is -0.477. The maximum Gasteiger partial charge on any atom is 0.422 e. The number of hydrogen-bond acceptors (Lipinski definition) is 3. The smallest absolute Gasteiger partial charge is 0.422 e. The average Bonchev–Trinajstić information content (AvgIpc) is 2.74. The number of fused-ring (bicyclic) bond motifs is 1. The number of rotatable bonds is 5. The molecule has 0 radical (unpaired) electrons. The van der Waals surface area contributed by atoms with Gasteiger partial charge in [0.15, 0.2) is 0 Å². The van der Waals surface area contributed by atoms with E-state index in [2.05, 4.69) is 0 Å². The van der Waals surface area contributed by atoms with Crippen LogP contribution in [-0.2, 0) is 13.0 Å². The quantitative estimate of drug-likeness (QED) is 0.351. The minimum Gasteiger partial charge on any atom is -0.506 e. The average molecular weight is 441 g/mol. The molecule has 164 valence electrons. The Morgan fingerprint density at radius 1 is 0.969 bits per heavy atom. The van der Waals surface area contributed by atoms with Crippen molar-refractivity contribution in [3.8, 4) is 11.5 Å². The van der Waals surface area contributed by atoms with E-state index in [1.807, 2.05) is 23.2 Å². The first-order valence-electron chi connectivity index (χ1n) is 9.86. The van der Waals surface area contributed by atoms with Gasteiger partial charge in [-0.15, -0.1) is 0 Å². The molecule has 0 aromatic heterocycles. The lowest BCUT2D eigenvalue weighted by Crippen LogP contribution is -2.19. The molecular weight excluding hydrogens is 422 g/mol. The first-order valence-corrected chi connectivity index (χ1v) is 9.86. The fourth-order valence-corrected chi connectivity index (χ4v) is 3.64. The maximum absolute atomic E-state index is 14.7. The van der Waals surface area contributed by atoms with Gasteiger partial charge in [-0.1, -0.05) is 60.7 Å². The second-order valence-corrected chi connectivity index (χ2v) is 7.26. The number of aromatic hydroxyl groups is 1. The van der Waals surface area contributed by atoms with Crippen LogP contribution in [-0.4, -0.2) is 11.3 Å². The van der Waals surface area contributed by atoms with E-state index < -0.39 is 17.8 Å². The number of allylic oxidation sites excluding steroid dienone is 2. The number of hydrogen-bond donors (Lipinski definition) is 1. The highest BCUT2D eigenvalue weighted by atomic mass is 19.4. The predicted molar refractivity (Wildman–Crippen MR) is 115 cm³/mol. The number of halogens is 4. The highest BCUT2D eigenvalue weighted by Gasteiger charge is 2.39. The second-order valence-electron chi connectivity index (χ2n) is 7.26. The van der Waals surface area contributed by atoms with Crippen LogP contribution in [0.3, 0.4) is 0 Å². The van der Waals surface area contributed by atoms with Crippen LogP contribution in [0.4, 0.5) is 23.2 Å². The van der Waals surface area contributed by atoms with Crippen molar-refractivity contribution in [3.05, 3.63) is 108 Å². The lowest BCUT2D eigenvalue weighted by Gasteiger charge is -2.27. The third kappa shape index (κ3) is 4.61. The van der Waals surface area contributed by atoms with E-state index in [9.17, 15) is 22.7 Å². The molecule has 3 nitrogen and oxygen atoms in total. The molecule has 1 aliphatic rings. The van der Waals surface area contributed by atoms with Crippen molar-refractivity contribution in [3.63, 3.8) is 0 Å². The van der Waals surface area contributed by atoms with E-state index in [4.69, 9.17) is 4.74 Å². The van der Waals surface area contributed by atoms with Gasteiger partial charge in [0.05, 0.1) is 5.69 Å². The number of phenolic OH excluding ortho intramolecular Hbond substituents is 1. The Hall–Kier alpha value is -3.74. The third-order valence-electron chi connectivity index (χ3n) is 5.01. The van der Waals surface area contributed by atoms with Gasteiger partial charge < -0.3 is 14.7 Å². The zero-order valence-corrected chi connectivity index (χ0v) is 16.8. The summed E-state index contributed by atoms with van der Waals surface area (Å²) < 4.78 is 60.2. The first-order chi connectivity index (χ1) is 15.3. The fraction of sp³-hybridized carbons (Fsp3) is 0.120. The summed E-state index contributed by atoms with van der Waals surface area (Å²) in [4.78, 5) is 1.82. The first kappa shape index (κ1) is 21.5. The topological polar surface area (TPSA) is 32.7 Å². The second kappa shape index (κ2) is 8.78. The summed E-state index contributed by atoms with van der Waals surface area (Å²) >= 11 is 0.